The molecule has 0 atom stereocenters. The fourth-order valence-electron chi connectivity index (χ4n) is 1.76. The molecule has 0 radical (unpaired) electrons. The predicted octanol–water partition coefficient (Wildman–Crippen LogP) is 2.98. The van der Waals surface area contributed by atoms with Crippen LogP contribution in [0.1, 0.15) is 25.7 Å². The summed E-state index contributed by atoms with van der Waals surface area (Å²) in [5.41, 5.74) is 5.66. The van der Waals surface area contributed by atoms with Gasteiger partial charge in [0.15, 0.2) is 0 Å². The van der Waals surface area contributed by atoms with E-state index in [1.165, 1.54) is 25.3 Å². The number of hydrogen-bond acceptors (Lipinski definition) is 2. The van der Waals surface area contributed by atoms with Crippen LogP contribution < -0.4 is 10.5 Å². The first kappa shape index (κ1) is 10.3. The number of hydrogen-bond donors (Lipinski definition) is 1. The predicted molar refractivity (Wildman–Crippen MR) is 58.3 cm³/mol. The van der Waals surface area contributed by atoms with Gasteiger partial charge in [-0.25, -0.2) is 4.39 Å². The zero-order chi connectivity index (χ0) is 10.7. The number of para-hydroxylation sites is 1. The summed E-state index contributed by atoms with van der Waals surface area (Å²) in [6, 6.07) is 4.66. The van der Waals surface area contributed by atoms with E-state index in [4.69, 9.17) is 10.5 Å². The van der Waals surface area contributed by atoms with E-state index in [0.29, 0.717) is 12.4 Å². The van der Waals surface area contributed by atoms with Crippen molar-refractivity contribution in [3.05, 3.63) is 24.0 Å². The Balaban J connectivity index is 1.84. The largest absolute Gasteiger partial charge is 0.491 e. The van der Waals surface area contributed by atoms with Gasteiger partial charge in [-0.1, -0.05) is 25.3 Å². The highest BCUT2D eigenvalue weighted by atomic mass is 19.1. The molecule has 0 amide bonds. The lowest BCUT2D eigenvalue weighted by Gasteiger charge is -2.25. The van der Waals surface area contributed by atoms with Gasteiger partial charge in [-0.3, -0.25) is 0 Å². The molecule has 1 fully saturated rings. The summed E-state index contributed by atoms with van der Waals surface area (Å²) in [6.45, 7) is 0.637. The maximum absolute atomic E-state index is 13.0. The molecule has 1 aromatic carbocycles. The summed E-state index contributed by atoms with van der Waals surface area (Å²) in [4.78, 5) is 0. The Labute approximate surface area is 89.2 Å². The van der Waals surface area contributed by atoms with Crippen molar-refractivity contribution in [3.8, 4) is 5.75 Å². The van der Waals surface area contributed by atoms with E-state index in [-0.39, 0.29) is 5.69 Å². The molecule has 0 unspecified atom stereocenters. The molecule has 0 saturated heterocycles. The van der Waals surface area contributed by atoms with Crippen molar-refractivity contribution in [3.63, 3.8) is 0 Å². The van der Waals surface area contributed by atoms with Gasteiger partial charge in [0.05, 0.1) is 6.61 Å². The average molecular weight is 209 g/mol. The lowest BCUT2D eigenvalue weighted by Crippen LogP contribution is -2.14. The van der Waals surface area contributed by atoms with Gasteiger partial charge in [0.2, 0.25) is 0 Å². The van der Waals surface area contributed by atoms with E-state index in [9.17, 15) is 4.39 Å². The Morgan fingerprint density at radius 3 is 2.87 bits per heavy atom. The highest BCUT2D eigenvalue weighted by Gasteiger charge is 2.17. The monoisotopic (exact) mass is 209 g/mol. The lowest BCUT2D eigenvalue weighted by atomic mass is 9.83. The number of nitrogens with two attached hydrogens (primary N) is 1. The highest BCUT2D eigenvalue weighted by molar-refractivity contribution is 5.53. The Kier molecular flexibility index (Phi) is 3.09. The molecule has 1 saturated carbocycles. The van der Waals surface area contributed by atoms with Crippen LogP contribution in [0.15, 0.2) is 18.2 Å². The first-order valence-corrected chi connectivity index (χ1v) is 5.44. The SMILES string of the molecule is Nc1c(F)cccc1OCCC1CCC1. The van der Waals surface area contributed by atoms with Crippen LogP contribution in [0.5, 0.6) is 5.75 Å². The van der Waals surface area contributed by atoms with Crippen molar-refractivity contribution in [2.24, 2.45) is 5.92 Å². The highest BCUT2D eigenvalue weighted by Crippen LogP contribution is 2.30. The molecule has 1 aliphatic rings. The average Bonchev–Trinajstić information content (AvgIpc) is 2.16. The van der Waals surface area contributed by atoms with Gasteiger partial charge in [-0.2, -0.15) is 0 Å². The number of anilines is 1. The van der Waals surface area contributed by atoms with Crippen LogP contribution in [0.4, 0.5) is 10.1 Å². The van der Waals surface area contributed by atoms with Crippen molar-refractivity contribution in [1.29, 1.82) is 0 Å². The zero-order valence-corrected chi connectivity index (χ0v) is 8.71. The third-order valence-electron chi connectivity index (χ3n) is 3.02. The normalized spacial score (nSPS) is 16.1. The van der Waals surface area contributed by atoms with E-state index in [0.717, 1.165) is 12.3 Å². The fraction of sp³-hybridized carbons (Fsp3) is 0.500. The topological polar surface area (TPSA) is 35.2 Å². The standard InChI is InChI=1S/C12H16FNO/c13-10-5-2-6-11(12(10)14)15-8-7-9-3-1-4-9/h2,5-6,9H,1,3-4,7-8,14H2. The maximum atomic E-state index is 13.0. The van der Waals surface area contributed by atoms with Crippen molar-refractivity contribution < 1.29 is 9.13 Å². The zero-order valence-electron chi connectivity index (χ0n) is 8.71. The third-order valence-corrected chi connectivity index (χ3v) is 3.02. The molecule has 1 aliphatic carbocycles. The van der Waals surface area contributed by atoms with E-state index in [1.807, 2.05) is 0 Å². The van der Waals surface area contributed by atoms with Crippen LogP contribution >= 0.6 is 0 Å². The van der Waals surface area contributed by atoms with Crippen LogP contribution in [0.25, 0.3) is 0 Å². The molecule has 82 valence electrons. The Morgan fingerprint density at radius 1 is 1.40 bits per heavy atom. The molecule has 1 aromatic rings. The molecular weight excluding hydrogens is 193 g/mol. The van der Waals surface area contributed by atoms with Crippen LogP contribution in [0, 0.1) is 11.7 Å². The molecule has 2 nitrogen and oxygen atoms in total. The van der Waals surface area contributed by atoms with Crippen LogP contribution in [-0.4, -0.2) is 6.61 Å². The van der Waals surface area contributed by atoms with Crippen molar-refractivity contribution in [2.45, 2.75) is 25.7 Å². The number of ether oxygens (including phenoxy) is 1. The molecule has 0 spiro atoms. The summed E-state index contributed by atoms with van der Waals surface area (Å²) >= 11 is 0. The number of benzene rings is 1. The smallest absolute Gasteiger partial charge is 0.149 e. The minimum atomic E-state index is -0.406. The summed E-state index contributed by atoms with van der Waals surface area (Å²) in [7, 11) is 0. The molecule has 0 aliphatic heterocycles. The minimum Gasteiger partial charge on any atom is -0.491 e. The van der Waals surface area contributed by atoms with Gasteiger partial charge in [-0.15, -0.1) is 0 Å². The number of nitrogen functional groups attached to an aromatic ring is 1. The molecule has 2 rings (SSSR count). The second kappa shape index (κ2) is 4.51. The van der Waals surface area contributed by atoms with Gasteiger partial charge in [-0.05, 0) is 24.5 Å². The van der Waals surface area contributed by atoms with Gasteiger partial charge >= 0.3 is 0 Å². The van der Waals surface area contributed by atoms with E-state index < -0.39 is 5.82 Å². The molecule has 3 heteroatoms. The molecule has 2 N–H and O–H groups in total. The molecule has 15 heavy (non-hydrogen) atoms. The second-order valence-electron chi connectivity index (χ2n) is 4.09. The van der Waals surface area contributed by atoms with Crippen LogP contribution in [0.2, 0.25) is 0 Å². The summed E-state index contributed by atoms with van der Waals surface area (Å²) in [6.07, 6.45) is 5.01. The van der Waals surface area contributed by atoms with Gasteiger partial charge < -0.3 is 10.5 Å². The molecule has 0 heterocycles. The van der Waals surface area contributed by atoms with Gasteiger partial charge in [0.25, 0.3) is 0 Å². The first-order valence-electron chi connectivity index (χ1n) is 5.44. The van der Waals surface area contributed by atoms with Gasteiger partial charge in [0, 0.05) is 0 Å². The third kappa shape index (κ3) is 2.41. The Morgan fingerprint density at radius 2 is 2.20 bits per heavy atom. The number of rotatable bonds is 4. The number of halogens is 1. The summed E-state index contributed by atoms with van der Waals surface area (Å²) in [5, 5.41) is 0. The minimum absolute atomic E-state index is 0.117. The van der Waals surface area contributed by atoms with Crippen LogP contribution in [-0.2, 0) is 0 Å². The summed E-state index contributed by atoms with van der Waals surface area (Å²) in [5.74, 6) is 0.866. The molecule has 0 aromatic heterocycles. The quantitative estimate of drug-likeness (QED) is 0.774. The van der Waals surface area contributed by atoms with E-state index in [2.05, 4.69) is 0 Å². The maximum Gasteiger partial charge on any atom is 0.149 e. The Bertz CT molecular complexity index is 336. The molecule has 0 bridgehead atoms. The van der Waals surface area contributed by atoms with Crippen LogP contribution in [0.3, 0.4) is 0 Å². The first-order chi connectivity index (χ1) is 7.27. The molecular formula is C12H16FNO. The second-order valence-corrected chi connectivity index (χ2v) is 4.09. The Hall–Kier alpha value is -1.25. The van der Waals surface area contributed by atoms with Crippen molar-refractivity contribution in [1.82, 2.24) is 0 Å². The summed E-state index contributed by atoms with van der Waals surface area (Å²) < 4.78 is 18.5. The van der Waals surface area contributed by atoms with Crippen molar-refractivity contribution >= 4 is 5.69 Å². The van der Waals surface area contributed by atoms with Crippen molar-refractivity contribution in [2.75, 3.05) is 12.3 Å². The van der Waals surface area contributed by atoms with E-state index in [1.54, 1.807) is 12.1 Å². The fourth-order valence-corrected chi connectivity index (χ4v) is 1.76. The van der Waals surface area contributed by atoms with E-state index >= 15 is 0 Å². The van der Waals surface area contributed by atoms with Gasteiger partial charge in [0.1, 0.15) is 17.3 Å². The lowest BCUT2D eigenvalue weighted by molar-refractivity contribution is 0.222.